The van der Waals surface area contributed by atoms with Gasteiger partial charge in [-0.25, -0.2) is 0 Å². The molecule has 0 saturated heterocycles. The molecule has 0 aromatic heterocycles. The van der Waals surface area contributed by atoms with Gasteiger partial charge in [-0.15, -0.1) is 0 Å². The van der Waals surface area contributed by atoms with Crippen molar-refractivity contribution in [3.05, 3.63) is 35.9 Å². The lowest BCUT2D eigenvalue weighted by atomic mass is 10.0. The van der Waals surface area contributed by atoms with Gasteiger partial charge in [0.2, 0.25) is 5.91 Å². The number of carboxylic acid groups (broad SMARTS) is 1. The van der Waals surface area contributed by atoms with E-state index in [0.717, 1.165) is 0 Å². The van der Waals surface area contributed by atoms with Crippen LogP contribution < -0.4 is 5.32 Å². The van der Waals surface area contributed by atoms with E-state index in [2.05, 4.69) is 5.32 Å². The second-order valence-corrected chi connectivity index (χ2v) is 5.51. The Kier molecular flexibility index (Phi) is 6.21. The highest BCUT2D eigenvalue weighted by atomic mass is 32.2. The lowest BCUT2D eigenvalue weighted by molar-refractivity contribution is -0.138. The molecule has 0 aliphatic heterocycles. The van der Waals surface area contributed by atoms with Crippen LogP contribution in [0.5, 0.6) is 0 Å². The number of carbonyl (C=O) groups is 2. The zero-order chi connectivity index (χ0) is 14.3. The van der Waals surface area contributed by atoms with Crippen LogP contribution in [0.4, 0.5) is 0 Å². The zero-order valence-corrected chi connectivity index (χ0v) is 11.5. The highest BCUT2D eigenvalue weighted by Crippen LogP contribution is 2.17. The maximum Gasteiger partial charge on any atom is 0.311 e. The van der Waals surface area contributed by atoms with Crippen LogP contribution in [0.2, 0.25) is 0 Å². The molecule has 5 nitrogen and oxygen atoms in total. The Morgan fingerprint density at radius 2 is 1.95 bits per heavy atom. The summed E-state index contributed by atoms with van der Waals surface area (Å²) >= 11 is 0. The Labute approximate surface area is 114 Å². The molecule has 0 aliphatic rings. The van der Waals surface area contributed by atoms with Crippen molar-refractivity contribution in [2.75, 3.05) is 18.1 Å². The first-order chi connectivity index (χ1) is 9.04. The maximum atomic E-state index is 11.8. The van der Waals surface area contributed by atoms with Gasteiger partial charge in [0.05, 0.1) is 5.92 Å². The van der Waals surface area contributed by atoms with Crippen LogP contribution in [0.1, 0.15) is 18.4 Å². The van der Waals surface area contributed by atoms with Gasteiger partial charge in [-0.1, -0.05) is 30.3 Å². The van der Waals surface area contributed by atoms with Gasteiger partial charge in [0.15, 0.2) is 0 Å². The monoisotopic (exact) mass is 283 g/mol. The minimum Gasteiger partial charge on any atom is -0.481 e. The Morgan fingerprint density at radius 3 is 2.47 bits per heavy atom. The van der Waals surface area contributed by atoms with Crippen LogP contribution in [-0.4, -0.2) is 39.2 Å². The predicted molar refractivity (Wildman–Crippen MR) is 73.4 cm³/mol. The number of amides is 1. The number of carbonyl (C=O) groups excluding carboxylic acids is 1. The summed E-state index contributed by atoms with van der Waals surface area (Å²) in [6, 6.07) is 8.62. The molecule has 2 unspecified atom stereocenters. The number of benzene rings is 1. The number of hydrogen-bond acceptors (Lipinski definition) is 3. The van der Waals surface area contributed by atoms with Crippen LogP contribution in [0, 0.1) is 0 Å². The van der Waals surface area contributed by atoms with Gasteiger partial charge in [0.25, 0.3) is 0 Å². The summed E-state index contributed by atoms with van der Waals surface area (Å²) in [6.45, 7) is 2.24. The van der Waals surface area contributed by atoms with E-state index in [1.165, 1.54) is 0 Å². The number of rotatable bonds is 7. The van der Waals surface area contributed by atoms with E-state index in [1.54, 1.807) is 37.3 Å². The maximum absolute atomic E-state index is 11.8. The highest BCUT2D eigenvalue weighted by molar-refractivity contribution is 7.85. The summed E-state index contributed by atoms with van der Waals surface area (Å²) in [5.74, 6) is -2.43. The van der Waals surface area contributed by atoms with E-state index >= 15 is 0 Å². The van der Waals surface area contributed by atoms with Gasteiger partial charge < -0.3 is 10.4 Å². The third kappa shape index (κ3) is 5.21. The Hall–Kier alpha value is -1.69. The topological polar surface area (TPSA) is 83.5 Å². The molecule has 1 aromatic carbocycles. The molecule has 0 aliphatic carbocycles. The molecule has 2 atom stereocenters. The molecule has 6 heteroatoms. The summed E-state index contributed by atoms with van der Waals surface area (Å²) in [5, 5.41) is 11.7. The fourth-order valence-corrected chi connectivity index (χ4v) is 2.85. The summed E-state index contributed by atoms with van der Waals surface area (Å²) in [6.07, 6.45) is 0. The molecule has 2 N–H and O–H groups in total. The standard InChI is InChI=1S/C13H17NO4S/c1-2-14-12(15)9-19(18)8-11(13(16)17)10-6-4-3-5-7-10/h3-7,11H,2,8-9H2,1H3,(H,14,15)(H,16,17). The molecule has 19 heavy (non-hydrogen) atoms. The van der Waals surface area contributed by atoms with E-state index in [1.807, 2.05) is 0 Å². The normalized spacial score (nSPS) is 13.5. The zero-order valence-electron chi connectivity index (χ0n) is 10.7. The molecule has 1 rings (SSSR count). The minimum absolute atomic E-state index is 0.0590. The van der Waals surface area contributed by atoms with Crippen LogP contribution in [-0.2, 0) is 20.4 Å². The molecule has 0 bridgehead atoms. The average Bonchev–Trinajstić information content (AvgIpc) is 2.37. The second kappa shape index (κ2) is 7.68. The van der Waals surface area contributed by atoms with Crippen molar-refractivity contribution in [2.45, 2.75) is 12.8 Å². The summed E-state index contributed by atoms with van der Waals surface area (Å²) in [4.78, 5) is 22.5. The third-order valence-electron chi connectivity index (χ3n) is 2.52. The van der Waals surface area contributed by atoms with Gasteiger partial charge in [0.1, 0.15) is 5.75 Å². The van der Waals surface area contributed by atoms with Crippen LogP contribution in [0.15, 0.2) is 30.3 Å². The van der Waals surface area contributed by atoms with E-state index < -0.39 is 22.7 Å². The molecule has 0 radical (unpaired) electrons. The number of carboxylic acids is 1. The van der Waals surface area contributed by atoms with Crippen molar-refractivity contribution in [3.8, 4) is 0 Å². The first-order valence-corrected chi connectivity index (χ1v) is 7.42. The van der Waals surface area contributed by atoms with Gasteiger partial charge in [-0.05, 0) is 12.5 Å². The Morgan fingerprint density at radius 1 is 1.32 bits per heavy atom. The molecular weight excluding hydrogens is 266 g/mol. The van der Waals surface area contributed by atoms with Crippen molar-refractivity contribution < 1.29 is 18.9 Å². The van der Waals surface area contributed by atoms with Crippen molar-refractivity contribution in [1.82, 2.24) is 5.32 Å². The van der Waals surface area contributed by atoms with Crippen LogP contribution in [0.3, 0.4) is 0 Å². The van der Waals surface area contributed by atoms with Gasteiger partial charge >= 0.3 is 5.97 Å². The van der Waals surface area contributed by atoms with Crippen molar-refractivity contribution >= 4 is 22.7 Å². The fraction of sp³-hybridized carbons (Fsp3) is 0.385. The van der Waals surface area contributed by atoms with Crippen LogP contribution in [0.25, 0.3) is 0 Å². The van der Waals surface area contributed by atoms with E-state index in [0.29, 0.717) is 12.1 Å². The molecular formula is C13H17NO4S. The predicted octanol–water partition coefficient (Wildman–Crippen LogP) is 0.740. The molecule has 0 saturated carbocycles. The summed E-state index contributed by atoms with van der Waals surface area (Å²) < 4.78 is 11.8. The smallest absolute Gasteiger partial charge is 0.311 e. The van der Waals surface area contributed by atoms with E-state index in [9.17, 15) is 18.9 Å². The first kappa shape index (κ1) is 15.4. The molecule has 0 spiro atoms. The number of aliphatic carboxylic acids is 1. The fourth-order valence-electron chi connectivity index (χ4n) is 1.63. The number of hydrogen-bond donors (Lipinski definition) is 2. The van der Waals surface area contributed by atoms with Crippen molar-refractivity contribution in [3.63, 3.8) is 0 Å². The average molecular weight is 283 g/mol. The lowest BCUT2D eigenvalue weighted by Crippen LogP contribution is -2.30. The third-order valence-corrected chi connectivity index (χ3v) is 3.81. The van der Waals surface area contributed by atoms with Crippen LogP contribution >= 0.6 is 0 Å². The highest BCUT2D eigenvalue weighted by Gasteiger charge is 2.23. The SMILES string of the molecule is CCNC(=O)CS(=O)CC(C(=O)O)c1ccccc1. The summed E-state index contributed by atoms with van der Waals surface area (Å²) in [7, 11) is -1.50. The minimum atomic E-state index is -1.50. The second-order valence-electron chi connectivity index (χ2n) is 4.01. The van der Waals surface area contributed by atoms with Crippen molar-refractivity contribution in [1.29, 1.82) is 0 Å². The molecule has 104 valence electrons. The Balaban J connectivity index is 2.68. The largest absolute Gasteiger partial charge is 0.481 e. The first-order valence-electron chi connectivity index (χ1n) is 5.94. The molecule has 1 aromatic rings. The van der Waals surface area contributed by atoms with Gasteiger partial charge in [-0.2, -0.15) is 0 Å². The van der Waals surface area contributed by atoms with Gasteiger partial charge in [-0.3, -0.25) is 13.8 Å². The van der Waals surface area contributed by atoms with Gasteiger partial charge in [0, 0.05) is 23.1 Å². The molecule has 0 heterocycles. The van der Waals surface area contributed by atoms with E-state index in [4.69, 9.17) is 0 Å². The molecule has 1 amide bonds. The Bertz CT molecular complexity index is 461. The van der Waals surface area contributed by atoms with Crippen molar-refractivity contribution in [2.24, 2.45) is 0 Å². The number of nitrogens with one attached hydrogen (secondary N) is 1. The quantitative estimate of drug-likeness (QED) is 0.773. The summed E-state index contributed by atoms with van der Waals surface area (Å²) in [5.41, 5.74) is 0.597. The molecule has 0 fully saturated rings. The lowest BCUT2D eigenvalue weighted by Gasteiger charge is -2.12. The van der Waals surface area contributed by atoms with E-state index in [-0.39, 0.29) is 17.4 Å².